The van der Waals surface area contributed by atoms with Crippen LogP contribution in [-0.4, -0.2) is 57.7 Å². The van der Waals surface area contributed by atoms with Gasteiger partial charge in [-0.25, -0.2) is 9.78 Å². The second kappa shape index (κ2) is 5.19. The summed E-state index contributed by atoms with van der Waals surface area (Å²) in [7, 11) is 1.47. The van der Waals surface area contributed by atoms with E-state index < -0.39 is 23.5 Å². The third-order valence-corrected chi connectivity index (χ3v) is 3.03. The Hall–Kier alpha value is -2.22. The van der Waals surface area contributed by atoms with Gasteiger partial charge in [-0.1, -0.05) is 0 Å². The number of rotatable bonds is 3. The Morgan fingerprint density at radius 3 is 2.84 bits per heavy atom. The highest BCUT2D eigenvalue weighted by atomic mass is 16.5. The van der Waals surface area contributed by atoms with Crippen LogP contribution in [0.4, 0.5) is 0 Å². The fourth-order valence-electron chi connectivity index (χ4n) is 2.03. The number of hydrogen-bond donors (Lipinski definition) is 2. The second-order valence-corrected chi connectivity index (χ2v) is 4.20. The minimum absolute atomic E-state index is 0.00241. The molecule has 2 rings (SSSR count). The van der Waals surface area contributed by atoms with E-state index in [1.54, 1.807) is 0 Å². The van der Waals surface area contributed by atoms with E-state index in [0.29, 0.717) is 0 Å². The Kier molecular flexibility index (Phi) is 3.61. The van der Waals surface area contributed by atoms with E-state index in [9.17, 15) is 14.4 Å². The summed E-state index contributed by atoms with van der Waals surface area (Å²) in [4.78, 5) is 41.4. The van der Waals surface area contributed by atoms with Crippen molar-refractivity contribution in [2.45, 2.75) is 18.6 Å². The highest BCUT2D eigenvalue weighted by molar-refractivity contribution is 5.95. The average Bonchev–Trinajstić information content (AvgIpc) is 2.83. The molecule has 0 saturated carbocycles. The molecule has 102 valence electrons. The first-order valence-electron chi connectivity index (χ1n) is 5.64. The molecule has 1 aromatic rings. The van der Waals surface area contributed by atoms with E-state index >= 15 is 0 Å². The number of methoxy groups -OCH3 is 1. The van der Waals surface area contributed by atoms with Crippen LogP contribution in [0, 0.1) is 0 Å². The molecule has 2 N–H and O–H groups in total. The van der Waals surface area contributed by atoms with Gasteiger partial charge >= 0.3 is 5.97 Å². The molecule has 1 fully saturated rings. The first kappa shape index (κ1) is 13.2. The number of carboxylic acid groups (broad SMARTS) is 1. The molecule has 0 bridgehead atoms. The van der Waals surface area contributed by atoms with E-state index in [1.165, 1.54) is 18.2 Å². The topological polar surface area (TPSA) is 113 Å². The van der Waals surface area contributed by atoms with Crippen molar-refractivity contribution >= 4 is 11.9 Å². The van der Waals surface area contributed by atoms with Crippen LogP contribution in [0.3, 0.4) is 0 Å². The number of ether oxygens (including phenoxy) is 1. The molecule has 2 unspecified atom stereocenters. The molecular weight excluding hydrogens is 254 g/mol. The summed E-state index contributed by atoms with van der Waals surface area (Å²) < 4.78 is 5.09. The van der Waals surface area contributed by atoms with Gasteiger partial charge in [0.2, 0.25) is 0 Å². The third kappa shape index (κ3) is 2.63. The van der Waals surface area contributed by atoms with Crippen molar-refractivity contribution in [3.63, 3.8) is 0 Å². The van der Waals surface area contributed by atoms with Crippen LogP contribution >= 0.6 is 0 Å². The Labute approximate surface area is 108 Å². The number of amides is 1. The number of carbonyl (C=O) groups excluding carboxylic acids is 1. The first-order valence-corrected chi connectivity index (χ1v) is 5.64. The summed E-state index contributed by atoms with van der Waals surface area (Å²) in [6.45, 7) is 0.188. The average molecular weight is 267 g/mol. The molecule has 1 amide bonds. The molecule has 19 heavy (non-hydrogen) atoms. The molecule has 0 aromatic carbocycles. The third-order valence-electron chi connectivity index (χ3n) is 3.03. The predicted octanol–water partition coefficient (Wildman–Crippen LogP) is -0.916. The number of carbonyl (C=O) groups is 2. The lowest BCUT2D eigenvalue weighted by Gasteiger charge is -2.20. The molecule has 1 aromatic heterocycles. The van der Waals surface area contributed by atoms with Gasteiger partial charge in [0, 0.05) is 26.3 Å². The highest BCUT2D eigenvalue weighted by Crippen LogP contribution is 2.21. The van der Waals surface area contributed by atoms with Crippen LogP contribution in [-0.2, 0) is 9.53 Å². The van der Waals surface area contributed by atoms with Gasteiger partial charge in [-0.15, -0.1) is 0 Å². The lowest BCUT2D eigenvalue weighted by molar-refractivity contribution is -0.141. The monoisotopic (exact) mass is 267 g/mol. The van der Waals surface area contributed by atoms with Crippen LogP contribution in [0.15, 0.2) is 17.2 Å². The molecule has 0 radical (unpaired) electrons. The summed E-state index contributed by atoms with van der Waals surface area (Å²) in [5.74, 6) is -1.62. The molecule has 0 spiro atoms. The van der Waals surface area contributed by atoms with Gasteiger partial charge < -0.3 is 19.7 Å². The normalized spacial score (nSPS) is 22.5. The maximum absolute atomic E-state index is 12.2. The van der Waals surface area contributed by atoms with Crippen LogP contribution in [0.1, 0.15) is 16.9 Å². The SMILES string of the molecule is COC1CC(C(=O)O)N(C(=O)c2c[nH]c(=O)cn2)C1. The summed E-state index contributed by atoms with van der Waals surface area (Å²) in [6.07, 6.45) is 2.07. The maximum atomic E-state index is 12.2. The van der Waals surface area contributed by atoms with Crippen molar-refractivity contribution in [3.05, 3.63) is 28.4 Å². The molecule has 1 saturated heterocycles. The quantitative estimate of drug-likeness (QED) is 0.732. The Morgan fingerprint density at radius 1 is 1.58 bits per heavy atom. The summed E-state index contributed by atoms with van der Waals surface area (Å²) in [5, 5.41) is 9.11. The second-order valence-electron chi connectivity index (χ2n) is 4.20. The Bertz CT molecular complexity index is 535. The van der Waals surface area contributed by atoms with E-state index in [-0.39, 0.29) is 24.8 Å². The van der Waals surface area contributed by atoms with Gasteiger partial charge in [0.1, 0.15) is 11.7 Å². The van der Waals surface area contributed by atoms with Crippen molar-refractivity contribution in [3.8, 4) is 0 Å². The lowest BCUT2D eigenvalue weighted by Crippen LogP contribution is -2.41. The molecule has 2 atom stereocenters. The van der Waals surface area contributed by atoms with Crippen molar-refractivity contribution in [2.75, 3.05) is 13.7 Å². The molecule has 2 heterocycles. The van der Waals surface area contributed by atoms with E-state index in [2.05, 4.69) is 9.97 Å². The number of nitrogens with one attached hydrogen (secondary N) is 1. The zero-order valence-corrected chi connectivity index (χ0v) is 10.2. The summed E-state index contributed by atoms with van der Waals surface area (Å²) in [6, 6.07) is -0.939. The van der Waals surface area contributed by atoms with Crippen LogP contribution in [0.5, 0.6) is 0 Å². The van der Waals surface area contributed by atoms with Crippen molar-refractivity contribution in [1.29, 1.82) is 0 Å². The largest absolute Gasteiger partial charge is 0.480 e. The van der Waals surface area contributed by atoms with Gasteiger partial charge in [0.15, 0.2) is 0 Å². The van der Waals surface area contributed by atoms with E-state index in [1.807, 2.05) is 0 Å². The molecule has 8 nitrogen and oxygen atoms in total. The van der Waals surface area contributed by atoms with Gasteiger partial charge in [-0.05, 0) is 0 Å². The number of carboxylic acids is 1. The number of hydrogen-bond acceptors (Lipinski definition) is 5. The van der Waals surface area contributed by atoms with Crippen molar-refractivity contribution in [2.24, 2.45) is 0 Å². The number of aromatic nitrogens is 2. The molecular formula is C11H13N3O5. The standard InChI is InChI=1S/C11H13N3O5/c1-19-6-2-8(11(17)18)14(5-6)10(16)7-3-13-9(15)4-12-7/h3-4,6,8H,2,5H2,1H3,(H,13,15)(H,17,18). The van der Waals surface area contributed by atoms with Crippen LogP contribution < -0.4 is 5.56 Å². The number of aliphatic carboxylic acids is 1. The molecule has 1 aliphatic heterocycles. The zero-order valence-electron chi connectivity index (χ0n) is 10.2. The fourth-order valence-corrected chi connectivity index (χ4v) is 2.03. The molecule has 8 heteroatoms. The van der Waals surface area contributed by atoms with Gasteiger partial charge in [0.25, 0.3) is 11.5 Å². The lowest BCUT2D eigenvalue weighted by atomic mass is 10.2. The maximum Gasteiger partial charge on any atom is 0.326 e. The summed E-state index contributed by atoms with van der Waals surface area (Å²) >= 11 is 0. The van der Waals surface area contributed by atoms with E-state index in [4.69, 9.17) is 9.84 Å². The van der Waals surface area contributed by atoms with Crippen molar-refractivity contribution < 1.29 is 19.4 Å². The molecule has 0 aliphatic carbocycles. The number of likely N-dealkylation sites (tertiary alicyclic amines) is 1. The van der Waals surface area contributed by atoms with Crippen molar-refractivity contribution in [1.82, 2.24) is 14.9 Å². The predicted molar refractivity (Wildman–Crippen MR) is 62.7 cm³/mol. The smallest absolute Gasteiger partial charge is 0.326 e. The number of nitrogens with zero attached hydrogens (tertiary/aromatic N) is 2. The highest BCUT2D eigenvalue weighted by Gasteiger charge is 2.40. The van der Waals surface area contributed by atoms with Gasteiger partial charge in [-0.2, -0.15) is 0 Å². The number of aromatic amines is 1. The summed E-state index contributed by atoms with van der Waals surface area (Å²) in [5.41, 5.74) is -0.426. The van der Waals surface area contributed by atoms with E-state index in [0.717, 1.165) is 6.20 Å². The zero-order chi connectivity index (χ0) is 14.0. The van der Waals surface area contributed by atoms with Crippen LogP contribution in [0.25, 0.3) is 0 Å². The van der Waals surface area contributed by atoms with Crippen LogP contribution in [0.2, 0.25) is 0 Å². The first-order chi connectivity index (χ1) is 9.02. The number of H-pyrrole nitrogens is 1. The Balaban J connectivity index is 2.23. The van der Waals surface area contributed by atoms with Gasteiger partial charge in [0.05, 0.1) is 12.3 Å². The molecule has 1 aliphatic rings. The Morgan fingerprint density at radius 2 is 2.32 bits per heavy atom. The van der Waals surface area contributed by atoms with Gasteiger partial charge in [-0.3, -0.25) is 9.59 Å². The minimum Gasteiger partial charge on any atom is -0.480 e. The fraction of sp³-hybridized carbons (Fsp3) is 0.455. The minimum atomic E-state index is -1.09.